The van der Waals surface area contributed by atoms with Crippen LogP contribution in [-0.2, 0) is 39.5 Å². The van der Waals surface area contributed by atoms with E-state index in [2.05, 4.69) is 63.5 Å². The van der Waals surface area contributed by atoms with Crippen molar-refractivity contribution in [3.05, 3.63) is 175 Å². The van der Waals surface area contributed by atoms with Crippen molar-refractivity contribution in [2.45, 2.75) is 81.1 Å². The third kappa shape index (κ3) is 13.9. The summed E-state index contributed by atoms with van der Waals surface area (Å²) in [5.41, 5.74) is 8.34. The maximum absolute atomic E-state index is 14.0. The molecule has 0 aromatic heterocycles. The van der Waals surface area contributed by atoms with E-state index in [4.69, 9.17) is 42.1 Å². The molecule has 0 radical (unpaired) electrons. The van der Waals surface area contributed by atoms with Crippen LogP contribution in [0.25, 0.3) is 11.1 Å². The molecule has 0 saturated carbocycles. The summed E-state index contributed by atoms with van der Waals surface area (Å²) in [6.07, 6.45) is 0. The molecule has 350 valence electrons. The monoisotopic (exact) mass is 944 g/mol. The first-order valence-corrected chi connectivity index (χ1v) is 22.8. The molecule has 0 atom stereocenters. The predicted octanol–water partition coefficient (Wildman–Crippen LogP) is 14.3. The van der Waals surface area contributed by atoms with Gasteiger partial charge >= 0.3 is 0 Å². The minimum absolute atomic E-state index is 0.0479. The molecule has 6 rings (SSSR count). The van der Waals surface area contributed by atoms with Gasteiger partial charge in [-0.1, -0.05) is 87.3 Å². The number of ether oxygens (including phenoxy) is 4. The van der Waals surface area contributed by atoms with Crippen LogP contribution < -0.4 is 18.9 Å². The molecular weight excluding hydrogens is 888 g/mol. The molecule has 0 heterocycles. The maximum Gasteiger partial charge on any atom is 0.142 e. The van der Waals surface area contributed by atoms with E-state index in [1.807, 2.05) is 50.5 Å². The molecule has 0 N–H and O–H groups in total. The molecule has 0 spiro atoms. The number of benzene rings is 6. The van der Waals surface area contributed by atoms with Gasteiger partial charge in [0.05, 0.1) is 10.0 Å². The zero-order valence-electron chi connectivity index (χ0n) is 38.8. The van der Waals surface area contributed by atoms with Crippen LogP contribution in [0.4, 0.5) is 17.6 Å². The minimum atomic E-state index is -0.674. The molecule has 0 amide bonds. The fourth-order valence-corrected chi connectivity index (χ4v) is 8.61. The summed E-state index contributed by atoms with van der Waals surface area (Å²) in [4.78, 5) is 4.33. The van der Waals surface area contributed by atoms with Crippen LogP contribution in [0.15, 0.2) is 97.1 Å². The highest BCUT2D eigenvalue weighted by atomic mass is 35.5. The van der Waals surface area contributed by atoms with Crippen LogP contribution in [0, 0.1) is 49.0 Å². The average Bonchev–Trinajstić information content (AvgIpc) is 3.22. The fourth-order valence-electron chi connectivity index (χ4n) is 8.13. The van der Waals surface area contributed by atoms with E-state index in [0.717, 1.165) is 69.7 Å². The van der Waals surface area contributed by atoms with Crippen LogP contribution in [0.2, 0.25) is 10.0 Å². The lowest BCUT2D eigenvalue weighted by Gasteiger charge is -2.22. The largest absolute Gasteiger partial charge is 0.488 e. The number of rotatable bonds is 21. The van der Waals surface area contributed by atoms with Gasteiger partial charge in [-0.3, -0.25) is 0 Å². The van der Waals surface area contributed by atoms with Gasteiger partial charge < -0.3 is 28.7 Å². The van der Waals surface area contributed by atoms with Crippen molar-refractivity contribution in [2.24, 2.45) is 11.8 Å². The highest BCUT2D eigenvalue weighted by molar-refractivity contribution is 6.32. The van der Waals surface area contributed by atoms with Crippen molar-refractivity contribution in [3.63, 3.8) is 0 Å². The summed E-state index contributed by atoms with van der Waals surface area (Å²) in [6, 6.07) is 26.0. The molecule has 0 aliphatic rings. The second-order valence-corrected chi connectivity index (χ2v) is 18.7. The van der Waals surface area contributed by atoms with Crippen LogP contribution in [0.5, 0.6) is 23.0 Å². The molecule has 0 fully saturated rings. The van der Waals surface area contributed by atoms with Gasteiger partial charge in [0.25, 0.3) is 0 Å². The van der Waals surface area contributed by atoms with Gasteiger partial charge in [0.15, 0.2) is 0 Å². The Hall–Kier alpha value is -5.26. The minimum Gasteiger partial charge on any atom is -0.488 e. The summed E-state index contributed by atoms with van der Waals surface area (Å²) >= 11 is 13.7. The summed E-state index contributed by atoms with van der Waals surface area (Å²) < 4.78 is 81.2. The van der Waals surface area contributed by atoms with E-state index in [1.165, 1.54) is 24.3 Å². The smallest absolute Gasteiger partial charge is 0.142 e. The summed E-state index contributed by atoms with van der Waals surface area (Å²) in [7, 11) is 4.03. The van der Waals surface area contributed by atoms with Crippen molar-refractivity contribution in [3.8, 4) is 34.1 Å². The zero-order chi connectivity index (χ0) is 47.7. The summed E-state index contributed by atoms with van der Waals surface area (Å²) in [5, 5.41) is 0.830. The fraction of sp³-hybridized carbons (Fsp3) is 0.333. The highest BCUT2D eigenvalue weighted by Gasteiger charge is 2.19. The van der Waals surface area contributed by atoms with Crippen LogP contribution in [-0.4, -0.2) is 37.0 Å². The van der Waals surface area contributed by atoms with Crippen molar-refractivity contribution < 1.29 is 36.5 Å². The lowest BCUT2D eigenvalue weighted by Crippen LogP contribution is -2.23. The number of hydrogen-bond donors (Lipinski definition) is 0. The molecule has 0 unspecified atom stereocenters. The number of hydrogen-bond acceptors (Lipinski definition) is 6. The molecular formula is C54H58Cl2F4N2O4. The first kappa shape index (κ1) is 50.2. The Balaban J connectivity index is 1.20. The average molecular weight is 946 g/mol. The normalized spacial score (nSPS) is 11.6. The summed E-state index contributed by atoms with van der Waals surface area (Å²) in [6.45, 7) is 15.8. The third-order valence-electron chi connectivity index (χ3n) is 11.0. The quantitative estimate of drug-likeness (QED) is 0.0670. The van der Waals surface area contributed by atoms with E-state index in [-0.39, 0.29) is 26.4 Å². The van der Waals surface area contributed by atoms with Crippen molar-refractivity contribution in [2.75, 3.05) is 27.2 Å². The zero-order valence-corrected chi connectivity index (χ0v) is 40.4. The first-order valence-electron chi connectivity index (χ1n) is 22.0. The van der Waals surface area contributed by atoms with Gasteiger partial charge in [0.1, 0.15) is 72.7 Å². The van der Waals surface area contributed by atoms with Gasteiger partial charge in [-0.2, -0.15) is 0 Å². The maximum atomic E-state index is 14.0. The lowest BCUT2D eigenvalue weighted by atomic mass is 9.92. The molecule has 6 aromatic carbocycles. The molecule has 0 aliphatic heterocycles. The Morgan fingerprint density at radius 2 is 0.803 bits per heavy atom. The molecule has 0 saturated heterocycles. The third-order valence-corrected chi connectivity index (χ3v) is 11.6. The van der Waals surface area contributed by atoms with Crippen LogP contribution in [0.3, 0.4) is 0 Å². The van der Waals surface area contributed by atoms with E-state index in [1.54, 1.807) is 12.1 Å². The van der Waals surface area contributed by atoms with Gasteiger partial charge in [-0.05, 0) is 121 Å². The standard InChI is InChI=1S/C54H58Cl2F4N2O4/c1-33(2)25-61(7)27-41-19-49(55)53(23-51(41)63-29-37-15-43(57)21-44(58)16-37)65-31-39-11-9-13-47(35(39)5)48-14-10-12-40(36(48)6)32-66-54-24-52(64-30-38-17-45(59)22-46(60)18-38)42(20-50(54)56)28-62(8)26-34(3)4/h9-24,33-34H,25-32H2,1-8H3. The topological polar surface area (TPSA) is 43.4 Å². The lowest BCUT2D eigenvalue weighted by molar-refractivity contribution is 0.265. The molecule has 66 heavy (non-hydrogen) atoms. The molecule has 6 aromatic rings. The Kier molecular flexibility index (Phi) is 17.5. The predicted molar refractivity (Wildman–Crippen MR) is 257 cm³/mol. The second-order valence-electron chi connectivity index (χ2n) is 17.9. The molecule has 0 aliphatic carbocycles. The van der Waals surface area contributed by atoms with E-state index in [9.17, 15) is 17.6 Å². The highest BCUT2D eigenvalue weighted by Crippen LogP contribution is 2.38. The van der Waals surface area contributed by atoms with Gasteiger partial charge in [0.2, 0.25) is 0 Å². The Morgan fingerprint density at radius 1 is 0.455 bits per heavy atom. The van der Waals surface area contributed by atoms with Crippen molar-refractivity contribution in [1.82, 2.24) is 9.80 Å². The van der Waals surface area contributed by atoms with Crippen molar-refractivity contribution in [1.29, 1.82) is 0 Å². The Morgan fingerprint density at radius 3 is 1.15 bits per heavy atom. The number of nitrogens with zero attached hydrogens (tertiary/aromatic N) is 2. The number of halogens is 6. The SMILES string of the molecule is Cc1c(COc2cc(OCc3cc(F)cc(F)c3)c(CN(C)CC(C)C)cc2Cl)cccc1-c1cccc(COc2cc(OCc3cc(F)cc(F)c3)c(CN(C)CC(C)C)cc2Cl)c1C. The van der Waals surface area contributed by atoms with Gasteiger partial charge in [0, 0.05) is 61.6 Å². The van der Waals surface area contributed by atoms with Gasteiger partial charge in [-0.25, -0.2) is 17.6 Å². The van der Waals surface area contributed by atoms with Gasteiger partial charge in [-0.15, -0.1) is 0 Å². The molecule has 6 nitrogen and oxygen atoms in total. The Bertz CT molecular complexity index is 2400. The van der Waals surface area contributed by atoms with E-state index in [0.29, 0.717) is 69.1 Å². The summed E-state index contributed by atoms with van der Waals surface area (Å²) in [5.74, 6) is 0.0166. The van der Waals surface area contributed by atoms with Crippen LogP contribution in [0.1, 0.15) is 72.2 Å². The molecule has 0 bridgehead atoms. The van der Waals surface area contributed by atoms with Crippen molar-refractivity contribution >= 4 is 23.2 Å². The van der Waals surface area contributed by atoms with Crippen LogP contribution >= 0.6 is 23.2 Å². The van der Waals surface area contributed by atoms with E-state index < -0.39 is 23.3 Å². The molecule has 12 heteroatoms. The van der Waals surface area contributed by atoms with E-state index >= 15 is 0 Å². The first-order chi connectivity index (χ1) is 31.4. The Labute approximate surface area is 397 Å². The second kappa shape index (κ2) is 23.0.